The van der Waals surface area contributed by atoms with Crippen LogP contribution in [0.2, 0.25) is 0 Å². The number of hydrogen-bond donors (Lipinski definition) is 3. The first-order valence-corrected chi connectivity index (χ1v) is 5.65. The van der Waals surface area contributed by atoms with E-state index in [0.717, 1.165) is 24.1 Å². The van der Waals surface area contributed by atoms with Crippen LogP contribution in [0.3, 0.4) is 0 Å². The second kappa shape index (κ2) is 6.27. The molecule has 0 radical (unpaired) electrons. The maximum Gasteiger partial charge on any atom is 0.224 e. The Hall–Kier alpha value is -1.36. The number of aromatic amines is 1. The lowest BCUT2D eigenvalue weighted by molar-refractivity contribution is -0.125. The zero-order valence-corrected chi connectivity index (χ0v) is 9.92. The lowest BCUT2D eigenvalue weighted by atomic mass is 10.0. The Morgan fingerprint density at radius 2 is 2.44 bits per heavy atom. The van der Waals surface area contributed by atoms with E-state index in [2.05, 4.69) is 22.4 Å². The number of carbonyl (C=O) groups excluding carboxylic acids is 1. The van der Waals surface area contributed by atoms with Crippen molar-refractivity contribution in [3.8, 4) is 0 Å². The number of hydrogen-bond acceptors (Lipinski definition) is 3. The SMILES string of the molecule is CCCC(CN)C(=O)NCc1cn[nH]c1C. The van der Waals surface area contributed by atoms with E-state index >= 15 is 0 Å². The molecule has 1 amide bonds. The minimum Gasteiger partial charge on any atom is -0.352 e. The molecule has 1 unspecified atom stereocenters. The van der Waals surface area contributed by atoms with Crippen LogP contribution in [-0.4, -0.2) is 22.6 Å². The second-order valence-electron chi connectivity index (χ2n) is 3.96. The standard InChI is InChI=1S/C11H20N4O/c1-3-4-9(5-12)11(16)13-6-10-7-14-15-8(10)2/h7,9H,3-6,12H2,1-2H3,(H,13,16)(H,14,15). The lowest BCUT2D eigenvalue weighted by Crippen LogP contribution is -2.34. The fourth-order valence-electron chi connectivity index (χ4n) is 1.58. The van der Waals surface area contributed by atoms with E-state index in [1.165, 1.54) is 0 Å². The Morgan fingerprint density at radius 3 is 2.94 bits per heavy atom. The van der Waals surface area contributed by atoms with E-state index in [1.807, 2.05) is 6.92 Å². The molecular formula is C11H20N4O. The van der Waals surface area contributed by atoms with Crippen LogP contribution in [-0.2, 0) is 11.3 Å². The Balaban J connectivity index is 2.42. The molecule has 0 spiro atoms. The maximum atomic E-state index is 11.7. The predicted molar refractivity (Wildman–Crippen MR) is 62.6 cm³/mol. The van der Waals surface area contributed by atoms with Crippen LogP contribution in [0.25, 0.3) is 0 Å². The third-order valence-corrected chi connectivity index (χ3v) is 2.68. The van der Waals surface area contributed by atoms with Crippen molar-refractivity contribution in [1.29, 1.82) is 0 Å². The van der Waals surface area contributed by atoms with E-state index in [4.69, 9.17) is 5.73 Å². The molecule has 4 N–H and O–H groups in total. The zero-order chi connectivity index (χ0) is 12.0. The molecule has 0 aliphatic rings. The molecule has 90 valence electrons. The van der Waals surface area contributed by atoms with Crippen LogP contribution in [0.4, 0.5) is 0 Å². The smallest absolute Gasteiger partial charge is 0.224 e. The van der Waals surface area contributed by atoms with E-state index in [9.17, 15) is 4.79 Å². The summed E-state index contributed by atoms with van der Waals surface area (Å²) in [6.45, 7) is 4.91. The molecule has 0 saturated heterocycles. The number of carbonyl (C=O) groups is 1. The fraction of sp³-hybridized carbons (Fsp3) is 0.636. The third kappa shape index (κ3) is 3.34. The first-order valence-electron chi connectivity index (χ1n) is 5.65. The minimum atomic E-state index is -0.0720. The molecule has 16 heavy (non-hydrogen) atoms. The monoisotopic (exact) mass is 224 g/mol. The average Bonchev–Trinajstić information content (AvgIpc) is 2.68. The van der Waals surface area contributed by atoms with Crippen molar-refractivity contribution in [2.75, 3.05) is 6.54 Å². The summed E-state index contributed by atoms with van der Waals surface area (Å²) in [5.74, 6) is -0.0397. The third-order valence-electron chi connectivity index (χ3n) is 2.68. The van der Waals surface area contributed by atoms with Gasteiger partial charge in [0.1, 0.15) is 0 Å². The fourth-order valence-corrected chi connectivity index (χ4v) is 1.58. The summed E-state index contributed by atoms with van der Waals surface area (Å²) in [6.07, 6.45) is 3.54. The van der Waals surface area contributed by atoms with Gasteiger partial charge in [0.05, 0.1) is 12.1 Å². The van der Waals surface area contributed by atoms with E-state index in [-0.39, 0.29) is 11.8 Å². The van der Waals surface area contributed by atoms with Gasteiger partial charge < -0.3 is 11.1 Å². The molecule has 1 rings (SSSR count). The average molecular weight is 224 g/mol. The number of nitrogens with zero attached hydrogens (tertiary/aromatic N) is 1. The molecule has 0 aliphatic heterocycles. The minimum absolute atomic E-state index is 0.0324. The number of aryl methyl sites for hydroxylation is 1. The van der Waals surface area contributed by atoms with E-state index < -0.39 is 0 Å². The van der Waals surface area contributed by atoms with Gasteiger partial charge in [-0.25, -0.2) is 0 Å². The molecule has 0 aliphatic carbocycles. The first-order chi connectivity index (χ1) is 7.69. The van der Waals surface area contributed by atoms with Gasteiger partial charge in [-0.3, -0.25) is 9.89 Å². The second-order valence-corrected chi connectivity index (χ2v) is 3.96. The molecule has 0 aromatic carbocycles. The Kier molecular flexibility index (Phi) is 4.98. The van der Waals surface area contributed by atoms with Gasteiger partial charge in [0.2, 0.25) is 5.91 Å². The lowest BCUT2D eigenvalue weighted by Gasteiger charge is -2.13. The topological polar surface area (TPSA) is 83.8 Å². The number of H-pyrrole nitrogens is 1. The number of nitrogens with one attached hydrogen (secondary N) is 2. The molecule has 0 saturated carbocycles. The zero-order valence-electron chi connectivity index (χ0n) is 9.92. The highest BCUT2D eigenvalue weighted by Crippen LogP contribution is 2.06. The van der Waals surface area contributed by atoms with Gasteiger partial charge in [0.25, 0.3) is 0 Å². The highest BCUT2D eigenvalue weighted by Gasteiger charge is 2.15. The summed E-state index contributed by atoms with van der Waals surface area (Å²) < 4.78 is 0. The number of rotatable bonds is 6. The van der Waals surface area contributed by atoms with Crippen molar-refractivity contribution in [2.45, 2.75) is 33.2 Å². The summed E-state index contributed by atoms with van der Waals surface area (Å²) in [5, 5.41) is 9.62. The Labute approximate surface area is 95.8 Å². The Bertz CT molecular complexity index is 334. The van der Waals surface area contributed by atoms with Gasteiger partial charge in [-0.2, -0.15) is 5.10 Å². The number of amides is 1. The van der Waals surface area contributed by atoms with E-state index in [0.29, 0.717) is 13.1 Å². The van der Waals surface area contributed by atoms with Crippen molar-refractivity contribution < 1.29 is 4.79 Å². The summed E-state index contributed by atoms with van der Waals surface area (Å²) >= 11 is 0. The van der Waals surface area contributed by atoms with Crippen molar-refractivity contribution in [3.63, 3.8) is 0 Å². The normalized spacial score (nSPS) is 12.4. The molecule has 1 aromatic heterocycles. The largest absolute Gasteiger partial charge is 0.352 e. The number of aromatic nitrogens is 2. The van der Waals surface area contributed by atoms with Gasteiger partial charge >= 0.3 is 0 Å². The van der Waals surface area contributed by atoms with Crippen LogP contribution in [0.15, 0.2) is 6.20 Å². The van der Waals surface area contributed by atoms with Gasteiger partial charge in [0.15, 0.2) is 0 Å². The summed E-state index contributed by atoms with van der Waals surface area (Å²) in [5.41, 5.74) is 7.56. The maximum absolute atomic E-state index is 11.7. The van der Waals surface area contributed by atoms with Crippen LogP contribution >= 0.6 is 0 Å². The summed E-state index contributed by atoms with van der Waals surface area (Å²) in [6, 6.07) is 0. The molecule has 1 heterocycles. The van der Waals surface area contributed by atoms with Crippen LogP contribution in [0, 0.1) is 12.8 Å². The molecule has 1 atom stereocenters. The molecule has 5 heteroatoms. The van der Waals surface area contributed by atoms with Crippen molar-refractivity contribution in [3.05, 3.63) is 17.5 Å². The number of nitrogens with two attached hydrogens (primary N) is 1. The predicted octanol–water partition coefficient (Wildman–Crippen LogP) is 0.709. The molecule has 1 aromatic rings. The first kappa shape index (κ1) is 12.7. The van der Waals surface area contributed by atoms with Crippen LogP contribution in [0.1, 0.15) is 31.0 Å². The molecule has 0 bridgehead atoms. The van der Waals surface area contributed by atoms with Crippen molar-refractivity contribution in [2.24, 2.45) is 11.7 Å². The molecule has 0 fully saturated rings. The molecule has 5 nitrogen and oxygen atoms in total. The van der Waals surface area contributed by atoms with Crippen LogP contribution in [0.5, 0.6) is 0 Å². The quantitative estimate of drug-likeness (QED) is 0.665. The van der Waals surface area contributed by atoms with Gasteiger partial charge in [-0.15, -0.1) is 0 Å². The van der Waals surface area contributed by atoms with Gasteiger partial charge in [-0.05, 0) is 13.3 Å². The summed E-state index contributed by atoms with van der Waals surface area (Å²) in [4.78, 5) is 11.7. The highest BCUT2D eigenvalue weighted by molar-refractivity contribution is 5.78. The van der Waals surface area contributed by atoms with E-state index in [1.54, 1.807) is 6.20 Å². The Morgan fingerprint density at radius 1 is 1.69 bits per heavy atom. The van der Waals surface area contributed by atoms with Gasteiger partial charge in [0, 0.05) is 24.3 Å². The summed E-state index contributed by atoms with van der Waals surface area (Å²) in [7, 11) is 0. The highest BCUT2D eigenvalue weighted by atomic mass is 16.1. The van der Waals surface area contributed by atoms with Crippen molar-refractivity contribution in [1.82, 2.24) is 15.5 Å². The van der Waals surface area contributed by atoms with Gasteiger partial charge in [-0.1, -0.05) is 13.3 Å². The molecular weight excluding hydrogens is 204 g/mol. The van der Waals surface area contributed by atoms with Crippen molar-refractivity contribution >= 4 is 5.91 Å². The van der Waals surface area contributed by atoms with Crippen LogP contribution < -0.4 is 11.1 Å².